The number of nitrogens with two attached hydrogens (primary N) is 1. The fourth-order valence-corrected chi connectivity index (χ4v) is 4.24. The van der Waals surface area contributed by atoms with E-state index < -0.39 is 9.84 Å². The average molecular weight is 303 g/mol. The number of hydrogen-bond donors (Lipinski definition) is 1. The third-order valence-electron chi connectivity index (χ3n) is 3.74. The lowest BCUT2D eigenvalue weighted by Gasteiger charge is -2.13. The van der Waals surface area contributed by atoms with Crippen LogP contribution in [0, 0.1) is 6.92 Å². The fraction of sp³-hybridized carbons (Fsp3) is 0.250. The van der Waals surface area contributed by atoms with Gasteiger partial charge in [0.25, 0.3) is 0 Å². The summed E-state index contributed by atoms with van der Waals surface area (Å²) in [6.07, 6.45) is 0.258. The minimum Gasteiger partial charge on any atom is -0.489 e. The van der Waals surface area contributed by atoms with Crippen molar-refractivity contribution in [2.75, 3.05) is 11.5 Å². The number of nitrogen functional groups attached to an aromatic ring is 1. The van der Waals surface area contributed by atoms with Gasteiger partial charge in [0.05, 0.1) is 16.3 Å². The molecule has 2 aromatic carbocycles. The zero-order valence-electron chi connectivity index (χ0n) is 11.7. The van der Waals surface area contributed by atoms with Crippen molar-refractivity contribution in [3.63, 3.8) is 0 Å². The highest BCUT2D eigenvalue weighted by atomic mass is 32.2. The Morgan fingerprint density at radius 3 is 2.71 bits per heavy atom. The SMILES string of the molecule is Cc1cccc(S(=O)(=O)CC2Cc3ccccc3O2)c1N. The molecule has 0 aliphatic carbocycles. The molecule has 1 heterocycles. The van der Waals surface area contributed by atoms with Gasteiger partial charge in [0.1, 0.15) is 11.9 Å². The van der Waals surface area contributed by atoms with Gasteiger partial charge in [0.2, 0.25) is 0 Å². The van der Waals surface area contributed by atoms with Gasteiger partial charge in [0.15, 0.2) is 9.84 Å². The van der Waals surface area contributed by atoms with Gasteiger partial charge in [-0.3, -0.25) is 0 Å². The summed E-state index contributed by atoms with van der Waals surface area (Å²) in [5.41, 5.74) is 8.05. The van der Waals surface area contributed by atoms with E-state index in [2.05, 4.69) is 0 Å². The van der Waals surface area contributed by atoms with Crippen LogP contribution in [-0.2, 0) is 16.3 Å². The number of rotatable bonds is 3. The summed E-state index contributed by atoms with van der Waals surface area (Å²) < 4.78 is 30.8. The molecule has 5 heteroatoms. The van der Waals surface area contributed by atoms with E-state index in [1.54, 1.807) is 25.1 Å². The maximum atomic E-state index is 12.6. The predicted octanol–water partition coefficient (Wildman–Crippen LogP) is 2.35. The first-order valence-corrected chi connectivity index (χ1v) is 8.45. The zero-order valence-corrected chi connectivity index (χ0v) is 12.6. The molecule has 21 heavy (non-hydrogen) atoms. The van der Waals surface area contributed by atoms with Crippen molar-refractivity contribution >= 4 is 15.5 Å². The van der Waals surface area contributed by atoms with Crippen LogP contribution in [0.25, 0.3) is 0 Å². The second-order valence-corrected chi connectivity index (χ2v) is 7.32. The molecule has 110 valence electrons. The molecule has 0 spiro atoms. The van der Waals surface area contributed by atoms with E-state index in [9.17, 15) is 8.42 Å². The number of fused-ring (bicyclic) bond motifs is 1. The molecule has 2 aromatic rings. The van der Waals surface area contributed by atoms with Crippen molar-refractivity contribution in [1.29, 1.82) is 0 Å². The van der Waals surface area contributed by atoms with Gasteiger partial charge >= 0.3 is 0 Å². The summed E-state index contributed by atoms with van der Waals surface area (Å²) in [6.45, 7) is 1.80. The van der Waals surface area contributed by atoms with E-state index in [0.717, 1.165) is 16.9 Å². The molecular formula is C16H17NO3S. The van der Waals surface area contributed by atoms with Crippen LogP contribution >= 0.6 is 0 Å². The third-order valence-corrected chi connectivity index (χ3v) is 5.58. The number of aryl methyl sites for hydroxylation is 1. The quantitative estimate of drug-likeness (QED) is 0.884. The topological polar surface area (TPSA) is 69.4 Å². The van der Waals surface area contributed by atoms with Crippen LogP contribution in [-0.4, -0.2) is 20.3 Å². The van der Waals surface area contributed by atoms with Gasteiger partial charge in [-0.05, 0) is 30.2 Å². The summed E-state index contributed by atoms with van der Waals surface area (Å²) in [6, 6.07) is 12.7. The molecule has 1 atom stereocenters. The summed E-state index contributed by atoms with van der Waals surface area (Å²) in [5, 5.41) is 0. The van der Waals surface area contributed by atoms with Crippen LogP contribution in [0.3, 0.4) is 0 Å². The standard InChI is InChI=1S/C16H17NO3S/c1-11-5-4-8-15(16(11)17)21(18,19)10-13-9-12-6-2-3-7-14(12)20-13/h2-8,13H,9-10,17H2,1H3. The monoisotopic (exact) mass is 303 g/mol. The Morgan fingerprint density at radius 1 is 1.19 bits per heavy atom. The molecule has 0 radical (unpaired) electrons. The summed E-state index contributed by atoms with van der Waals surface area (Å²) in [5.74, 6) is 0.713. The van der Waals surface area contributed by atoms with Gasteiger partial charge in [-0.25, -0.2) is 8.42 Å². The van der Waals surface area contributed by atoms with Crippen molar-refractivity contribution in [2.24, 2.45) is 0 Å². The third kappa shape index (κ3) is 2.61. The molecule has 3 rings (SSSR count). The van der Waals surface area contributed by atoms with Crippen LogP contribution in [0.5, 0.6) is 5.75 Å². The normalized spacial score (nSPS) is 17.3. The van der Waals surface area contributed by atoms with Gasteiger partial charge in [-0.1, -0.05) is 30.3 Å². The predicted molar refractivity (Wildman–Crippen MR) is 82.2 cm³/mol. The minimum absolute atomic E-state index is 0.0602. The van der Waals surface area contributed by atoms with Gasteiger partial charge in [-0.15, -0.1) is 0 Å². The molecule has 0 saturated carbocycles. The van der Waals surface area contributed by atoms with E-state index in [-0.39, 0.29) is 16.8 Å². The molecule has 0 saturated heterocycles. The molecule has 1 aliphatic rings. The molecule has 2 N–H and O–H groups in total. The van der Waals surface area contributed by atoms with Gasteiger partial charge in [-0.2, -0.15) is 0 Å². The maximum absolute atomic E-state index is 12.6. The number of ether oxygens (including phenoxy) is 1. The number of anilines is 1. The van der Waals surface area contributed by atoms with E-state index in [4.69, 9.17) is 10.5 Å². The van der Waals surface area contributed by atoms with Gasteiger partial charge < -0.3 is 10.5 Å². The lowest BCUT2D eigenvalue weighted by Crippen LogP contribution is -2.25. The van der Waals surface area contributed by atoms with E-state index in [1.807, 2.05) is 24.3 Å². The number of sulfone groups is 1. The molecule has 0 bridgehead atoms. The van der Waals surface area contributed by atoms with Crippen LogP contribution in [0.4, 0.5) is 5.69 Å². The van der Waals surface area contributed by atoms with Crippen LogP contribution in [0.2, 0.25) is 0 Å². The Hall–Kier alpha value is -2.01. The van der Waals surface area contributed by atoms with E-state index >= 15 is 0 Å². The summed E-state index contributed by atoms with van der Waals surface area (Å²) >= 11 is 0. The first-order valence-electron chi connectivity index (χ1n) is 6.80. The Morgan fingerprint density at radius 2 is 1.95 bits per heavy atom. The fourth-order valence-electron chi connectivity index (χ4n) is 2.61. The molecule has 1 unspecified atom stereocenters. The van der Waals surface area contributed by atoms with Crippen molar-refractivity contribution in [3.05, 3.63) is 53.6 Å². The number of para-hydroxylation sites is 2. The van der Waals surface area contributed by atoms with Gasteiger partial charge in [0, 0.05) is 6.42 Å². The Labute approximate surface area is 124 Å². The van der Waals surface area contributed by atoms with Crippen molar-refractivity contribution in [3.8, 4) is 5.75 Å². The highest BCUT2D eigenvalue weighted by Gasteiger charge is 2.29. The summed E-state index contributed by atoms with van der Waals surface area (Å²) in [4.78, 5) is 0.196. The number of hydrogen-bond acceptors (Lipinski definition) is 4. The average Bonchev–Trinajstić information content (AvgIpc) is 2.82. The molecule has 0 fully saturated rings. The highest BCUT2D eigenvalue weighted by molar-refractivity contribution is 7.91. The van der Waals surface area contributed by atoms with Crippen molar-refractivity contribution in [2.45, 2.75) is 24.3 Å². The second kappa shape index (κ2) is 5.07. The first-order chi connectivity index (χ1) is 9.97. The molecule has 0 amide bonds. The van der Waals surface area contributed by atoms with Crippen LogP contribution in [0.15, 0.2) is 47.4 Å². The number of benzene rings is 2. The maximum Gasteiger partial charge on any atom is 0.184 e. The Bertz CT molecular complexity index is 759. The van der Waals surface area contributed by atoms with Crippen molar-refractivity contribution in [1.82, 2.24) is 0 Å². The molecule has 1 aliphatic heterocycles. The van der Waals surface area contributed by atoms with Crippen LogP contribution < -0.4 is 10.5 Å². The molecular weight excluding hydrogens is 286 g/mol. The van der Waals surface area contributed by atoms with E-state index in [1.165, 1.54) is 0 Å². The minimum atomic E-state index is -3.46. The first kappa shape index (κ1) is 13.9. The zero-order chi connectivity index (χ0) is 15.0. The molecule has 4 nitrogen and oxygen atoms in total. The highest BCUT2D eigenvalue weighted by Crippen LogP contribution is 2.31. The summed E-state index contributed by atoms with van der Waals surface area (Å²) in [7, 11) is -3.46. The Balaban J connectivity index is 1.84. The largest absolute Gasteiger partial charge is 0.489 e. The smallest absolute Gasteiger partial charge is 0.184 e. The lowest BCUT2D eigenvalue weighted by molar-refractivity contribution is 0.256. The van der Waals surface area contributed by atoms with E-state index in [0.29, 0.717) is 12.1 Å². The lowest BCUT2D eigenvalue weighted by atomic mass is 10.1. The van der Waals surface area contributed by atoms with Crippen molar-refractivity contribution < 1.29 is 13.2 Å². The Kier molecular flexibility index (Phi) is 3.37. The van der Waals surface area contributed by atoms with Crippen LogP contribution in [0.1, 0.15) is 11.1 Å². The molecule has 0 aromatic heterocycles. The second-order valence-electron chi connectivity index (χ2n) is 5.32.